The Hall–Kier alpha value is -2.40. The van der Waals surface area contributed by atoms with Crippen LogP contribution in [-0.4, -0.2) is 10.9 Å². The summed E-state index contributed by atoms with van der Waals surface area (Å²) in [5.41, 5.74) is 9.59. The molecule has 0 aliphatic rings. The lowest BCUT2D eigenvalue weighted by atomic mass is 10.1. The standard InChI is InChI=1S/C17H17N3OS/c1-11-2-8-14-15(10-11)22-17(19-14)20-16(21)9-5-12-3-6-13(18)7-4-12/h2-4,6-8,10H,5,9,18H2,1H3,(H,19,20,21). The van der Waals surface area contributed by atoms with Crippen LogP contribution in [0.5, 0.6) is 0 Å². The second-order valence-electron chi connectivity index (χ2n) is 5.28. The van der Waals surface area contributed by atoms with Crippen molar-refractivity contribution in [2.45, 2.75) is 19.8 Å². The number of nitrogens with one attached hydrogen (secondary N) is 1. The number of benzene rings is 2. The maximum atomic E-state index is 12.0. The SMILES string of the molecule is Cc1ccc2nc(NC(=O)CCc3ccc(N)cc3)sc2c1. The van der Waals surface area contributed by atoms with Crippen molar-refractivity contribution in [1.82, 2.24) is 4.98 Å². The number of anilines is 2. The summed E-state index contributed by atoms with van der Waals surface area (Å²) < 4.78 is 1.09. The lowest BCUT2D eigenvalue weighted by molar-refractivity contribution is -0.116. The van der Waals surface area contributed by atoms with Gasteiger partial charge in [0.2, 0.25) is 5.91 Å². The molecule has 0 unspecified atom stereocenters. The molecular formula is C17H17N3OS. The quantitative estimate of drug-likeness (QED) is 0.721. The number of amides is 1. The Morgan fingerprint density at radius 1 is 1.23 bits per heavy atom. The number of carbonyl (C=O) groups excluding carboxylic acids is 1. The largest absolute Gasteiger partial charge is 0.399 e. The summed E-state index contributed by atoms with van der Waals surface area (Å²) in [4.78, 5) is 16.5. The number of rotatable bonds is 4. The number of thiazole rings is 1. The number of nitrogens with two attached hydrogens (primary N) is 1. The van der Waals surface area contributed by atoms with Crippen molar-refractivity contribution in [1.29, 1.82) is 0 Å². The van der Waals surface area contributed by atoms with Crippen molar-refractivity contribution in [2.75, 3.05) is 11.1 Å². The molecule has 0 saturated heterocycles. The highest BCUT2D eigenvalue weighted by molar-refractivity contribution is 7.22. The lowest BCUT2D eigenvalue weighted by Gasteiger charge is -2.02. The van der Waals surface area contributed by atoms with Crippen LogP contribution < -0.4 is 11.1 Å². The normalized spacial score (nSPS) is 10.8. The third-order valence-electron chi connectivity index (χ3n) is 3.41. The molecular weight excluding hydrogens is 294 g/mol. The van der Waals surface area contributed by atoms with Gasteiger partial charge in [-0.2, -0.15) is 0 Å². The van der Waals surface area contributed by atoms with Gasteiger partial charge < -0.3 is 11.1 Å². The summed E-state index contributed by atoms with van der Waals surface area (Å²) in [5, 5.41) is 3.53. The molecule has 4 nitrogen and oxygen atoms in total. The first-order chi connectivity index (χ1) is 10.6. The molecule has 1 aromatic heterocycles. The molecule has 3 aromatic rings. The number of nitrogens with zero attached hydrogens (tertiary/aromatic N) is 1. The topological polar surface area (TPSA) is 68.0 Å². The number of fused-ring (bicyclic) bond motifs is 1. The van der Waals surface area contributed by atoms with Gasteiger partial charge in [0.25, 0.3) is 0 Å². The summed E-state index contributed by atoms with van der Waals surface area (Å²) >= 11 is 1.50. The third kappa shape index (κ3) is 3.43. The van der Waals surface area contributed by atoms with E-state index in [1.807, 2.05) is 43.3 Å². The minimum Gasteiger partial charge on any atom is -0.399 e. The van der Waals surface area contributed by atoms with E-state index in [4.69, 9.17) is 5.73 Å². The first-order valence-electron chi connectivity index (χ1n) is 7.11. The Balaban J connectivity index is 1.61. The van der Waals surface area contributed by atoms with Crippen LogP contribution in [-0.2, 0) is 11.2 Å². The molecule has 0 bridgehead atoms. The van der Waals surface area contributed by atoms with Crippen molar-refractivity contribution >= 4 is 38.3 Å². The van der Waals surface area contributed by atoms with Gasteiger partial charge in [-0.1, -0.05) is 29.5 Å². The van der Waals surface area contributed by atoms with Gasteiger partial charge in [0, 0.05) is 12.1 Å². The highest BCUT2D eigenvalue weighted by Gasteiger charge is 2.08. The van der Waals surface area contributed by atoms with Crippen LogP contribution in [0.2, 0.25) is 0 Å². The molecule has 5 heteroatoms. The summed E-state index contributed by atoms with van der Waals surface area (Å²) in [6.45, 7) is 2.05. The second kappa shape index (κ2) is 6.15. The molecule has 0 spiro atoms. The van der Waals surface area contributed by atoms with Gasteiger partial charge in [0.05, 0.1) is 10.2 Å². The Labute approximate surface area is 133 Å². The maximum absolute atomic E-state index is 12.0. The van der Waals surface area contributed by atoms with E-state index < -0.39 is 0 Å². The first kappa shape index (κ1) is 14.5. The molecule has 0 radical (unpaired) electrons. The molecule has 112 valence electrons. The second-order valence-corrected chi connectivity index (χ2v) is 6.31. The van der Waals surface area contributed by atoms with E-state index in [1.54, 1.807) is 0 Å². The summed E-state index contributed by atoms with van der Waals surface area (Å²) in [7, 11) is 0. The van der Waals surface area contributed by atoms with E-state index in [0.29, 0.717) is 18.0 Å². The average molecular weight is 311 g/mol. The number of aromatic nitrogens is 1. The van der Waals surface area contributed by atoms with Crippen molar-refractivity contribution in [2.24, 2.45) is 0 Å². The van der Waals surface area contributed by atoms with E-state index in [0.717, 1.165) is 21.5 Å². The summed E-state index contributed by atoms with van der Waals surface area (Å²) in [5.74, 6) is -0.0207. The Kier molecular flexibility index (Phi) is 4.06. The van der Waals surface area contributed by atoms with Crippen LogP contribution in [0.15, 0.2) is 42.5 Å². The van der Waals surface area contributed by atoms with Crippen LogP contribution in [0.25, 0.3) is 10.2 Å². The van der Waals surface area contributed by atoms with Crippen LogP contribution in [0.4, 0.5) is 10.8 Å². The van der Waals surface area contributed by atoms with Crippen molar-refractivity contribution in [3.05, 3.63) is 53.6 Å². The Morgan fingerprint density at radius 2 is 2.00 bits per heavy atom. The summed E-state index contributed by atoms with van der Waals surface area (Å²) in [6.07, 6.45) is 1.12. The highest BCUT2D eigenvalue weighted by Crippen LogP contribution is 2.26. The highest BCUT2D eigenvalue weighted by atomic mass is 32.1. The lowest BCUT2D eigenvalue weighted by Crippen LogP contribution is -2.12. The van der Waals surface area contributed by atoms with Crippen molar-refractivity contribution in [3.63, 3.8) is 0 Å². The van der Waals surface area contributed by atoms with E-state index in [9.17, 15) is 4.79 Å². The van der Waals surface area contributed by atoms with E-state index in [2.05, 4.69) is 16.4 Å². The zero-order chi connectivity index (χ0) is 15.5. The smallest absolute Gasteiger partial charge is 0.226 e. The van der Waals surface area contributed by atoms with E-state index in [1.165, 1.54) is 16.9 Å². The third-order valence-corrected chi connectivity index (χ3v) is 4.34. The molecule has 2 aromatic carbocycles. The molecule has 1 heterocycles. The minimum absolute atomic E-state index is 0.0207. The Bertz CT molecular complexity index is 808. The number of carbonyl (C=O) groups is 1. The fourth-order valence-electron chi connectivity index (χ4n) is 2.21. The van der Waals surface area contributed by atoms with Gasteiger partial charge in [0.1, 0.15) is 0 Å². The van der Waals surface area contributed by atoms with Crippen molar-refractivity contribution < 1.29 is 4.79 Å². The maximum Gasteiger partial charge on any atom is 0.226 e. The predicted octanol–water partition coefficient (Wildman–Crippen LogP) is 3.76. The molecule has 1 amide bonds. The molecule has 0 aliphatic heterocycles. The fraction of sp³-hybridized carbons (Fsp3) is 0.176. The Morgan fingerprint density at radius 3 is 2.77 bits per heavy atom. The molecule has 22 heavy (non-hydrogen) atoms. The van der Waals surface area contributed by atoms with Gasteiger partial charge in [-0.3, -0.25) is 4.79 Å². The van der Waals surface area contributed by atoms with E-state index >= 15 is 0 Å². The molecule has 0 saturated carbocycles. The number of aryl methyl sites for hydroxylation is 2. The van der Waals surface area contributed by atoms with Crippen LogP contribution in [0.1, 0.15) is 17.5 Å². The zero-order valence-electron chi connectivity index (χ0n) is 12.3. The minimum atomic E-state index is -0.0207. The molecule has 3 N–H and O–H groups in total. The van der Waals surface area contributed by atoms with Crippen LogP contribution in [0.3, 0.4) is 0 Å². The van der Waals surface area contributed by atoms with Gasteiger partial charge in [-0.25, -0.2) is 4.98 Å². The number of hydrogen-bond acceptors (Lipinski definition) is 4. The predicted molar refractivity (Wildman–Crippen MR) is 92.2 cm³/mol. The number of hydrogen-bond donors (Lipinski definition) is 2. The average Bonchev–Trinajstić information content (AvgIpc) is 2.88. The molecule has 0 fully saturated rings. The molecule has 3 rings (SSSR count). The number of nitrogen functional groups attached to an aromatic ring is 1. The molecule has 0 aliphatic carbocycles. The van der Waals surface area contributed by atoms with E-state index in [-0.39, 0.29) is 5.91 Å². The summed E-state index contributed by atoms with van der Waals surface area (Å²) in [6, 6.07) is 13.7. The fourth-order valence-corrected chi connectivity index (χ4v) is 3.19. The van der Waals surface area contributed by atoms with Crippen LogP contribution in [0, 0.1) is 6.92 Å². The first-order valence-corrected chi connectivity index (χ1v) is 7.93. The van der Waals surface area contributed by atoms with Crippen molar-refractivity contribution in [3.8, 4) is 0 Å². The molecule has 0 atom stereocenters. The zero-order valence-corrected chi connectivity index (χ0v) is 13.1. The van der Waals surface area contributed by atoms with Gasteiger partial charge in [0.15, 0.2) is 5.13 Å². The van der Waals surface area contributed by atoms with Crippen LogP contribution >= 0.6 is 11.3 Å². The van der Waals surface area contributed by atoms with Gasteiger partial charge >= 0.3 is 0 Å². The monoisotopic (exact) mass is 311 g/mol. The van der Waals surface area contributed by atoms with Gasteiger partial charge in [-0.05, 0) is 48.7 Å². The van der Waals surface area contributed by atoms with Gasteiger partial charge in [-0.15, -0.1) is 0 Å².